The zero-order chi connectivity index (χ0) is 21.3. The normalized spacial score (nSPS) is 17.5. The zero-order valence-corrected chi connectivity index (χ0v) is 17.9. The fraction of sp³-hybridized carbons (Fsp3) is 0.375. The highest BCUT2D eigenvalue weighted by Gasteiger charge is 2.15. The molecule has 1 heterocycles. The molecule has 2 aromatic rings. The Labute approximate surface area is 178 Å². The van der Waals surface area contributed by atoms with E-state index in [1.165, 1.54) is 0 Å². The van der Waals surface area contributed by atoms with Crippen LogP contribution < -0.4 is 11.1 Å². The van der Waals surface area contributed by atoms with Crippen molar-refractivity contribution in [2.75, 3.05) is 19.6 Å². The quantitative estimate of drug-likeness (QED) is 0.687. The van der Waals surface area contributed by atoms with Gasteiger partial charge in [-0.3, -0.25) is 9.79 Å². The van der Waals surface area contributed by atoms with Crippen LogP contribution in [-0.2, 0) is 6.54 Å². The molecular weight excluding hydrogens is 374 g/mol. The molecule has 0 atom stereocenters. The van der Waals surface area contributed by atoms with Crippen LogP contribution in [-0.4, -0.2) is 42.1 Å². The summed E-state index contributed by atoms with van der Waals surface area (Å²) >= 11 is 0. The first-order valence-corrected chi connectivity index (χ1v) is 10.6. The summed E-state index contributed by atoms with van der Waals surface area (Å²) in [4.78, 5) is 23.8. The molecule has 2 aromatic carbocycles. The van der Waals surface area contributed by atoms with Crippen LogP contribution in [0.3, 0.4) is 0 Å². The molecule has 1 aliphatic rings. The maximum atomic E-state index is 12.2. The molecule has 0 aromatic heterocycles. The van der Waals surface area contributed by atoms with Crippen LogP contribution in [0, 0.1) is 6.92 Å². The lowest BCUT2D eigenvalue weighted by atomic mass is 10.1. The molecule has 3 rings (SSSR count). The van der Waals surface area contributed by atoms with E-state index >= 15 is 0 Å². The van der Waals surface area contributed by atoms with Gasteiger partial charge in [-0.1, -0.05) is 42.8 Å². The van der Waals surface area contributed by atoms with E-state index in [1.807, 2.05) is 49.4 Å². The van der Waals surface area contributed by atoms with Gasteiger partial charge in [-0.2, -0.15) is 0 Å². The van der Waals surface area contributed by atoms with Crippen molar-refractivity contribution in [1.82, 2.24) is 10.2 Å². The highest BCUT2D eigenvalue weighted by molar-refractivity contribution is 5.94. The third kappa shape index (κ3) is 5.92. The molecule has 0 bridgehead atoms. The number of amidine groups is 2. The number of hydrogen-bond donors (Lipinski definition) is 2. The van der Waals surface area contributed by atoms with E-state index in [1.54, 1.807) is 0 Å². The van der Waals surface area contributed by atoms with Gasteiger partial charge in [0.25, 0.3) is 5.91 Å². The molecule has 0 saturated heterocycles. The molecule has 0 unspecified atom stereocenters. The van der Waals surface area contributed by atoms with E-state index < -0.39 is 0 Å². The van der Waals surface area contributed by atoms with Crippen LogP contribution in [0.25, 0.3) is 0 Å². The molecule has 0 radical (unpaired) electrons. The largest absolute Gasteiger partial charge is 0.386 e. The van der Waals surface area contributed by atoms with Crippen molar-refractivity contribution < 1.29 is 4.79 Å². The SMILES string of the molecule is CC/C1=N/C/C(N)=N\c2ccccc2CN1CCCCNC(=O)c1ccc(C)cc1. The number of carbonyl (C=O) groups is 1. The first-order valence-electron chi connectivity index (χ1n) is 10.6. The number of rotatable bonds is 7. The number of nitrogens with one attached hydrogen (secondary N) is 1. The third-order valence-corrected chi connectivity index (χ3v) is 5.18. The van der Waals surface area contributed by atoms with Crippen molar-refractivity contribution in [3.05, 3.63) is 65.2 Å². The predicted octanol–water partition coefficient (Wildman–Crippen LogP) is 3.82. The number of hydrogen-bond acceptors (Lipinski definition) is 5. The van der Waals surface area contributed by atoms with Crippen molar-refractivity contribution in [1.29, 1.82) is 0 Å². The number of para-hydroxylation sites is 1. The van der Waals surface area contributed by atoms with Crippen LogP contribution in [0.2, 0.25) is 0 Å². The summed E-state index contributed by atoms with van der Waals surface area (Å²) in [7, 11) is 0. The molecule has 0 saturated carbocycles. The van der Waals surface area contributed by atoms with Crippen LogP contribution in [0.15, 0.2) is 58.5 Å². The maximum absolute atomic E-state index is 12.2. The lowest BCUT2D eigenvalue weighted by Crippen LogP contribution is -2.32. The number of nitrogens with two attached hydrogens (primary N) is 1. The molecule has 158 valence electrons. The number of benzene rings is 2. The van der Waals surface area contributed by atoms with Gasteiger partial charge >= 0.3 is 0 Å². The van der Waals surface area contributed by atoms with Gasteiger partial charge < -0.3 is 16.0 Å². The standard InChI is InChI=1S/C24H31N5O/c1-3-23-27-16-22(25)28-21-9-5-4-8-20(21)17-29(23)15-7-6-14-26-24(30)19-12-10-18(2)11-13-19/h4-5,8-13H,3,6-7,14-17H2,1-2H3,(H2,25,28)(H,26,30)/b27-23-. The number of unbranched alkanes of at least 4 members (excludes halogenated alkanes) is 1. The van der Waals surface area contributed by atoms with Gasteiger partial charge in [0, 0.05) is 31.6 Å². The number of amides is 1. The van der Waals surface area contributed by atoms with Gasteiger partial charge in [0.15, 0.2) is 0 Å². The first kappa shape index (κ1) is 21.6. The Kier molecular flexibility index (Phi) is 7.60. The molecule has 6 heteroatoms. The van der Waals surface area contributed by atoms with Crippen LogP contribution in [0.5, 0.6) is 0 Å². The number of aliphatic imine (C=N–C) groups is 2. The number of fused-ring (bicyclic) bond motifs is 1. The highest BCUT2D eigenvalue weighted by atomic mass is 16.1. The Morgan fingerprint density at radius 3 is 2.67 bits per heavy atom. The van der Waals surface area contributed by atoms with E-state index in [2.05, 4.69) is 28.2 Å². The number of nitrogens with zero attached hydrogens (tertiary/aromatic N) is 3. The average molecular weight is 406 g/mol. The second-order valence-corrected chi connectivity index (χ2v) is 7.57. The smallest absolute Gasteiger partial charge is 0.251 e. The summed E-state index contributed by atoms with van der Waals surface area (Å²) in [5.74, 6) is 1.57. The van der Waals surface area contributed by atoms with E-state index in [0.29, 0.717) is 24.5 Å². The van der Waals surface area contributed by atoms with Crippen molar-refractivity contribution >= 4 is 23.3 Å². The van der Waals surface area contributed by atoms with Gasteiger partial charge in [0.05, 0.1) is 18.1 Å². The van der Waals surface area contributed by atoms with Gasteiger partial charge in [0.2, 0.25) is 0 Å². The topological polar surface area (TPSA) is 83.1 Å². The van der Waals surface area contributed by atoms with E-state index in [4.69, 9.17) is 10.7 Å². The van der Waals surface area contributed by atoms with E-state index in [-0.39, 0.29) is 5.91 Å². The summed E-state index contributed by atoms with van der Waals surface area (Å²) in [5.41, 5.74) is 9.98. The molecular formula is C24H31N5O. The number of aryl methyl sites for hydroxylation is 1. The van der Waals surface area contributed by atoms with E-state index in [0.717, 1.165) is 55.0 Å². The van der Waals surface area contributed by atoms with Crippen LogP contribution >= 0.6 is 0 Å². The van der Waals surface area contributed by atoms with Gasteiger partial charge in [-0.15, -0.1) is 0 Å². The zero-order valence-electron chi connectivity index (χ0n) is 17.9. The lowest BCUT2D eigenvalue weighted by Gasteiger charge is -2.26. The monoisotopic (exact) mass is 405 g/mol. The summed E-state index contributed by atoms with van der Waals surface area (Å²) in [6.07, 6.45) is 2.72. The Bertz CT molecular complexity index is 917. The molecule has 1 amide bonds. The Morgan fingerprint density at radius 1 is 1.13 bits per heavy atom. The summed E-state index contributed by atoms with van der Waals surface area (Å²) in [6.45, 7) is 6.84. The minimum Gasteiger partial charge on any atom is -0.386 e. The van der Waals surface area contributed by atoms with E-state index in [9.17, 15) is 4.79 Å². The summed E-state index contributed by atoms with van der Waals surface area (Å²) in [6, 6.07) is 15.8. The lowest BCUT2D eigenvalue weighted by molar-refractivity contribution is 0.0952. The second kappa shape index (κ2) is 10.6. The van der Waals surface area contributed by atoms with Crippen LogP contribution in [0.1, 0.15) is 47.7 Å². The number of carbonyl (C=O) groups excluding carboxylic acids is 1. The molecule has 0 aliphatic carbocycles. The van der Waals surface area contributed by atoms with Crippen molar-refractivity contribution in [3.63, 3.8) is 0 Å². The minimum atomic E-state index is -0.0184. The van der Waals surface area contributed by atoms with Gasteiger partial charge in [-0.25, -0.2) is 4.99 Å². The van der Waals surface area contributed by atoms with Crippen LogP contribution in [0.4, 0.5) is 5.69 Å². The van der Waals surface area contributed by atoms with Crippen molar-refractivity contribution in [3.8, 4) is 0 Å². The summed E-state index contributed by atoms with van der Waals surface area (Å²) in [5, 5.41) is 3.01. The molecule has 30 heavy (non-hydrogen) atoms. The third-order valence-electron chi connectivity index (χ3n) is 5.18. The minimum absolute atomic E-state index is 0.0184. The highest BCUT2D eigenvalue weighted by Crippen LogP contribution is 2.22. The van der Waals surface area contributed by atoms with Gasteiger partial charge in [-0.05, 0) is 43.5 Å². The average Bonchev–Trinajstić information content (AvgIpc) is 2.81. The van der Waals surface area contributed by atoms with Crippen molar-refractivity contribution in [2.45, 2.75) is 39.7 Å². The maximum Gasteiger partial charge on any atom is 0.251 e. The summed E-state index contributed by atoms with van der Waals surface area (Å²) < 4.78 is 0. The van der Waals surface area contributed by atoms with Crippen molar-refractivity contribution in [2.24, 2.45) is 15.7 Å². The molecule has 3 N–H and O–H groups in total. The fourth-order valence-electron chi connectivity index (χ4n) is 3.49. The molecule has 1 aliphatic heterocycles. The Hall–Kier alpha value is -3.15. The Morgan fingerprint density at radius 2 is 1.90 bits per heavy atom. The first-order chi connectivity index (χ1) is 14.6. The molecule has 6 nitrogen and oxygen atoms in total. The second-order valence-electron chi connectivity index (χ2n) is 7.57. The van der Waals surface area contributed by atoms with Gasteiger partial charge in [0.1, 0.15) is 5.84 Å². The Balaban J connectivity index is 1.55. The fourth-order valence-corrected chi connectivity index (χ4v) is 3.49. The predicted molar refractivity (Wildman–Crippen MR) is 123 cm³/mol. The molecule has 0 spiro atoms. The molecule has 0 fully saturated rings.